The van der Waals surface area contributed by atoms with E-state index in [2.05, 4.69) is 15.7 Å². The van der Waals surface area contributed by atoms with E-state index in [1.807, 2.05) is 35.7 Å². The van der Waals surface area contributed by atoms with Crippen molar-refractivity contribution in [1.29, 1.82) is 0 Å². The zero-order valence-electron chi connectivity index (χ0n) is 14.6. The van der Waals surface area contributed by atoms with Crippen LogP contribution >= 0.6 is 11.3 Å². The first kappa shape index (κ1) is 18.5. The standard InChI is InChI=1S/C19H17F3N4OS/c20-19(21,22)16-9-14(15-7-4-8-28-15)25-17-13(11-24-26(16)17)18(27)23-10-12-5-2-1-3-6-12/h1-8,11,14,16,25H,9-10H2,(H,23,27)/t14-,16+/m1/s1. The molecule has 4 rings (SSSR count). The monoisotopic (exact) mass is 406 g/mol. The third-order valence-electron chi connectivity index (χ3n) is 4.67. The van der Waals surface area contributed by atoms with E-state index in [0.29, 0.717) is 0 Å². The Labute approximate surface area is 163 Å². The minimum absolute atomic E-state index is 0.0949. The maximum Gasteiger partial charge on any atom is 0.410 e. The number of nitrogens with zero attached hydrogens (tertiary/aromatic N) is 2. The summed E-state index contributed by atoms with van der Waals surface area (Å²) in [4.78, 5) is 13.4. The zero-order chi connectivity index (χ0) is 19.7. The number of anilines is 1. The number of halogens is 3. The molecule has 0 radical (unpaired) electrons. The Kier molecular flexibility index (Phi) is 4.84. The van der Waals surface area contributed by atoms with Crippen molar-refractivity contribution in [1.82, 2.24) is 15.1 Å². The number of carbonyl (C=O) groups is 1. The fourth-order valence-electron chi connectivity index (χ4n) is 3.28. The molecule has 3 heterocycles. The van der Waals surface area contributed by atoms with Gasteiger partial charge in [-0.15, -0.1) is 11.3 Å². The van der Waals surface area contributed by atoms with Gasteiger partial charge in [0.1, 0.15) is 11.4 Å². The largest absolute Gasteiger partial charge is 0.410 e. The lowest BCUT2D eigenvalue weighted by Crippen LogP contribution is -2.36. The molecule has 2 N–H and O–H groups in total. The number of hydrogen-bond acceptors (Lipinski definition) is 4. The van der Waals surface area contributed by atoms with Crippen LogP contribution in [0.4, 0.5) is 19.0 Å². The van der Waals surface area contributed by atoms with Crippen molar-refractivity contribution in [3.8, 4) is 0 Å². The average molecular weight is 406 g/mol. The second-order valence-corrected chi connectivity index (χ2v) is 7.50. The Balaban J connectivity index is 1.61. The third kappa shape index (κ3) is 3.62. The van der Waals surface area contributed by atoms with Gasteiger partial charge in [-0.1, -0.05) is 36.4 Å². The van der Waals surface area contributed by atoms with Crippen LogP contribution < -0.4 is 10.6 Å². The molecular weight excluding hydrogens is 389 g/mol. The summed E-state index contributed by atoms with van der Waals surface area (Å²) in [7, 11) is 0. The minimum atomic E-state index is -4.46. The summed E-state index contributed by atoms with van der Waals surface area (Å²) in [6, 6.07) is 10.6. The molecule has 5 nitrogen and oxygen atoms in total. The molecule has 1 aromatic carbocycles. The van der Waals surface area contributed by atoms with E-state index in [4.69, 9.17) is 0 Å². The normalized spacial score (nSPS) is 19.0. The zero-order valence-corrected chi connectivity index (χ0v) is 15.4. The van der Waals surface area contributed by atoms with Gasteiger partial charge in [0, 0.05) is 17.8 Å². The Hall–Kier alpha value is -2.81. The number of amides is 1. The molecule has 0 saturated carbocycles. The van der Waals surface area contributed by atoms with Gasteiger partial charge in [0.2, 0.25) is 0 Å². The van der Waals surface area contributed by atoms with Crippen molar-refractivity contribution in [3.63, 3.8) is 0 Å². The quantitative estimate of drug-likeness (QED) is 0.669. The van der Waals surface area contributed by atoms with Crippen LogP contribution in [-0.4, -0.2) is 21.9 Å². The maximum atomic E-state index is 13.6. The molecule has 146 valence electrons. The first-order valence-electron chi connectivity index (χ1n) is 8.70. The minimum Gasteiger partial charge on any atom is -0.362 e. The van der Waals surface area contributed by atoms with Crippen molar-refractivity contribution in [2.24, 2.45) is 0 Å². The summed E-state index contributed by atoms with van der Waals surface area (Å²) in [6.07, 6.45) is -3.45. The molecule has 0 aliphatic carbocycles. The molecule has 0 bridgehead atoms. The van der Waals surface area contributed by atoms with Gasteiger partial charge in [-0.05, 0) is 17.0 Å². The summed E-state index contributed by atoms with van der Waals surface area (Å²) in [5.74, 6) is -0.372. The predicted molar refractivity (Wildman–Crippen MR) is 100 cm³/mol. The van der Waals surface area contributed by atoms with Crippen molar-refractivity contribution in [2.45, 2.75) is 31.2 Å². The number of aromatic nitrogens is 2. The van der Waals surface area contributed by atoms with E-state index in [1.54, 1.807) is 12.1 Å². The van der Waals surface area contributed by atoms with E-state index in [1.165, 1.54) is 17.5 Å². The summed E-state index contributed by atoms with van der Waals surface area (Å²) in [6.45, 7) is 0.279. The van der Waals surface area contributed by atoms with Gasteiger partial charge in [0.25, 0.3) is 5.91 Å². The smallest absolute Gasteiger partial charge is 0.362 e. The lowest BCUT2D eigenvalue weighted by Gasteiger charge is -2.33. The van der Waals surface area contributed by atoms with E-state index in [0.717, 1.165) is 15.1 Å². The lowest BCUT2D eigenvalue weighted by molar-refractivity contribution is -0.173. The Bertz CT molecular complexity index is 953. The van der Waals surface area contributed by atoms with Crippen LogP contribution in [0.25, 0.3) is 0 Å². The Morgan fingerprint density at radius 2 is 2.04 bits per heavy atom. The van der Waals surface area contributed by atoms with Gasteiger partial charge in [-0.3, -0.25) is 4.79 Å². The number of nitrogens with one attached hydrogen (secondary N) is 2. The predicted octanol–water partition coefficient (Wildman–Crippen LogP) is 4.53. The van der Waals surface area contributed by atoms with Crippen molar-refractivity contribution in [3.05, 3.63) is 70.0 Å². The lowest BCUT2D eigenvalue weighted by atomic mass is 10.0. The van der Waals surface area contributed by atoms with Crippen LogP contribution in [0.3, 0.4) is 0 Å². The molecule has 2 atom stereocenters. The Morgan fingerprint density at radius 1 is 1.25 bits per heavy atom. The van der Waals surface area contributed by atoms with Crippen LogP contribution in [0.2, 0.25) is 0 Å². The number of fused-ring (bicyclic) bond motifs is 1. The average Bonchev–Trinajstić information content (AvgIpc) is 3.35. The van der Waals surface area contributed by atoms with Crippen LogP contribution in [-0.2, 0) is 6.54 Å². The third-order valence-corrected chi connectivity index (χ3v) is 5.65. The van der Waals surface area contributed by atoms with Crippen molar-refractivity contribution >= 4 is 23.1 Å². The number of thiophene rings is 1. The van der Waals surface area contributed by atoms with Gasteiger partial charge < -0.3 is 10.6 Å². The van der Waals surface area contributed by atoms with Gasteiger partial charge in [-0.25, -0.2) is 4.68 Å². The Morgan fingerprint density at radius 3 is 2.71 bits per heavy atom. The topological polar surface area (TPSA) is 59.0 Å². The van der Waals surface area contributed by atoms with Gasteiger partial charge in [0.15, 0.2) is 6.04 Å². The molecular formula is C19H17F3N4OS. The maximum absolute atomic E-state index is 13.6. The highest BCUT2D eigenvalue weighted by atomic mass is 32.1. The second kappa shape index (κ2) is 7.31. The second-order valence-electron chi connectivity index (χ2n) is 6.53. The molecule has 1 aliphatic rings. The number of hydrogen-bond donors (Lipinski definition) is 2. The van der Waals surface area contributed by atoms with Crippen molar-refractivity contribution in [2.75, 3.05) is 5.32 Å². The fourth-order valence-corrected chi connectivity index (χ4v) is 4.07. The molecule has 0 fully saturated rings. The molecule has 0 spiro atoms. The molecule has 0 unspecified atom stereocenters. The van der Waals surface area contributed by atoms with Crippen LogP contribution in [0.5, 0.6) is 0 Å². The molecule has 28 heavy (non-hydrogen) atoms. The highest BCUT2D eigenvalue weighted by Gasteiger charge is 2.47. The summed E-state index contributed by atoms with van der Waals surface area (Å²) in [5.41, 5.74) is 1.00. The van der Waals surface area contributed by atoms with E-state index >= 15 is 0 Å². The van der Waals surface area contributed by atoms with Crippen LogP contribution in [0.1, 0.15) is 39.3 Å². The first-order chi connectivity index (χ1) is 13.4. The summed E-state index contributed by atoms with van der Waals surface area (Å²) < 4.78 is 41.8. The van der Waals surface area contributed by atoms with Crippen molar-refractivity contribution < 1.29 is 18.0 Å². The van der Waals surface area contributed by atoms with E-state index < -0.39 is 24.2 Å². The summed E-state index contributed by atoms with van der Waals surface area (Å²) in [5, 5.41) is 11.5. The summed E-state index contributed by atoms with van der Waals surface area (Å²) >= 11 is 1.38. The molecule has 9 heteroatoms. The molecule has 1 amide bonds. The highest BCUT2D eigenvalue weighted by molar-refractivity contribution is 7.10. The van der Waals surface area contributed by atoms with Gasteiger partial charge >= 0.3 is 6.18 Å². The van der Waals surface area contributed by atoms with E-state index in [-0.39, 0.29) is 24.3 Å². The molecule has 2 aromatic heterocycles. The molecule has 3 aromatic rings. The van der Waals surface area contributed by atoms with Gasteiger partial charge in [-0.2, -0.15) is 18.3 Å². The SMILES string of the molecule is O=C(NCc1ccccc1)c1cnn2c1N[C@@H](c1cccs1)C[C@H]2C(F)(F)F. The highest BCUT2D eigenvalue weighted by Crippen LogP contribution is 2.44. The van der Waals surface area contributed by atoms with E-state index in [9.17, 15) is 18.0 Å². The molecule has 1 aliphatic heterocycles. The first-order valence-corrected chi connectivity index (χ1v) is 9.57. The fraction of sp³-hybridized carbons (Fsp3) is 0.263. The molecule has 0 saturated heterocycles. The van der Waals surface area contributed by atoms with Gasteiger partial charge in [0.05, 0.1) is 12.2 Å². The number of benzene rings is 1. The number of carbonyl (C=O) groups excluding carboxylic acids is 1. The number of alkyl halides is 3. The van der Waals surface area contributed by atoms with Crippen LogP contribution in [0, 0.1) is 0 Å². The van der Waals surface area contributed by atoms with Crippen LogP contribution in [0.15, 0.2) is 54.0 Å². The number of rotatable bonds is 4.